The third kappa shape index (κ3) is 15.1. The second-order valence-corrected chi connectivity index (χ2v) is 18.8. The van der Waals surface area contributed by atoms with E-state index < -0.39 is 41.1 Å². The van der Waals surface area contributed by atoms with E-state index in [1.54, 1.807) is 58.2 Å². The van der Waals surface area contributed by atoms with E-state index in [0.717, 1.165) is 44.1 Å². The number of aromatic nitrogens is 4. The third-order valence-corrected chi connectivity index (χ3v) is 12.9. The number of aromatic amines is 2. The Morgan fingerprint density at radius 2 is 1.57 bits per heavy atom. The predicted octanol–water partition coefficient (Wildman–Crippen LogP) is 8.86. The maximum atomic E-state index is 16.0. The Bertz CT molecular complexity index is 3130. The van der Waals surface area contributed by atoms with Gasteiger partial charge in [-0.25, -0.2) is 37.0 Å². The molecule has 1 saturated heterocycles. The number of fused-ring (bicyclic) bond motifs is 2. The van der Waals surface area contributed by atoms with E-state index in [2.05, 4.69) is 32.0 Å². The van der Waals surface area contributed by atoms with Crippen molar-refractivity contribution in [2.24, 2.45) is 11.6 Å². The highest BCUT2D eigenvalue weighted by Crippen LogP contribution is 2.39. The zero-order valence-corrected chi connectivity index (χ0v) is 43.8. The molecule has 0 saturated carbocycles. The van der Waals surface area contributed by atoms with Gasteiger partial charge < -0.3 is 45.5 Å². The minimum Gasteiger partial charge on any atom is -0.464 e. The van der Waals surface area contributed by atoms with Crippen molar-refractivity contribution in [2.75, 3.05) is 67.0 Å². The number of rotatable bonds is 12. The number of hydrazine groups is 1. The van der Waals surface area contributed by atoms with Gasteiger partial charge in [-0.1, -0.05) is 30.7 Å². The minimum atomic E-state index is -2.43. The quantitative estimate of drug-likeness (QED) is 0.0259. The first-order valence-electron chi connectivity index (χ1n) is 24.7. The number of ether oxygens (including phenoxy) is 1. The normalized spacial score (nSPS) is 15.1. The van der Waals surface area contributed by atoms with Crippen molar-refractivity contribution in [1.29, 1.82) is 0 Å². The molecule has 6 aromatic rings. The van der Waals surface area contributed by atoms with Gasteiger partial charge in [0.2, 0.25) is 12.3 Å². The average molecular weight is 1090 g/mol. The van der Waals surface area contributed by atoms with Gasteiger partial charge in [0.15, 0.2) is 11.6 Å². The summed E-state index contributed by atoms with van der Waals surface area (Å²) in [6, 6.07) is 10.8. The molecule has 3 aromatic heterocycles. The molecule has 0 atom stereocenters. The molecule has 3 amide bonds. The summed E-state index contributed by atoms with van der Waals surface area (Å²) in [5.41, 5.74) is 7.38. The molecule has 412 valence electrons. The van der Waals surface area contributed by atoms with Gasteiger partial charge in [-0.15, -0.1) is 0 Å². The van der Waals surface area contributed by atoms with Gasteiger partial charge in [-0.2, -0.15) is 5.10 Å². The summed E-state index contributed by atoms with van der Waals surface area (Å²) >= 11 is 6.24. The summed E-state index contributed by atoms with van der Waals surface area (Å²) in [7, 11) is 4.37. The third-order valence-electron chi connectivity index (χ3n) is 12.6. The number of halogens is 7. The van der Waals surface area contributed by atoms with Crippen molar-refractivity contribution in [3.63, 3.8) is 0 Å². The van der Waals surface area contributed by atoms with Gasteiger partial charge in [0.05, 0.1) is 29.7 Å². The summed E-state index contributed by atoms with van der Waals surface area (Å²) in [5, 5.41) is 9.28. The van der Waals surface area contributed by atoms with E-state index >= 15 is 4.39 Å². The topological polar surface area (TPSA) is 204 Å². The number of alkyl halides is 2. The molecule has 3 aromatic carbocycles. The molecule has 7 N–H and O–H groups in total. The molecule has 0 radical (unpaired) electrons. The number of esters is 1. The van der Waals surface area contributed by atoms with E-state index in [-0.39, 0.29) is 76.3 Å². The summed E-state index contributed by atoms with van der Waals surface area (Å²) in [6.07, 6.45) is 14.1. The lowest BCUT2D eigenvalue weighted by molar-refractivity contribution is -0.131. The molecule has 6 heterocycles. The van der Waals surface area contributed by atoms with Crippen LogP contribution in [0, 0.1) is 23.3 Å². The molecular weight excluding hydrogens is 1030 g/mol. The number of nitrogens with one attached hydrogen (secondary N) is 3. The fourth-order valence-corrected chi connectivity index (χ4v) is 8.99. The molecule has 0 spiro atoms. The van der Waals surface area contributed by atoms with Crippen LogP contribution in [0.2, 0.25) is 5.02 Å². The molecule has 16 nitrogen and oxygen atoms in total. The van der Waals surface area contributed by atoms with Crippen molar-refractivity contribution < 1.29 is 50.3 Å². The van der Waals surface area contributed by atoms with Crippen molar-refractivity contribution in [3.8, 4) is 11.1 Å². The van der Waals surface area contributed by atoms with Crippen molar-refractivity contribution >= 4 is 68.7 Å². The van der Waals surface area contributed by atoms with Gasteiger partial charge in [-0.3, -0.25) is 19.1 Å². The SMILES string of the molecule is CCCN(N)/C=C\N.CN(C)C(=O)c1cc2c(-c3cc(F)ccc3F)cc(C3=CCCN(C(=O)CCn4cccn4)C3)c(F)c2[nH]1.COC(=O)c1cc2c(Cl)cc(C3=CCCN(C=O)C3)c(F)c2[nH]1.FC1(F)CCCNC1. The molecule has 0 bridgehead atoms. The molecule has 0 aliphatic carbocycles. The zero-order chi connectivity index (χ0) is 56.0. The predicted molar refractivity (Wildman–Crippen MR) is 284 cm³/mol. The van der Waals surface area contributed by atoms with Gasteiger partial charge >= 0.3 is 5.97 Å². The van der Waals surface area contributed by atoms with Crippen molar-refractivity contribution in [1.82, 2.24) is 44.8 Å². The van der Waals surface area contributed by atoms with Crippen LogP contribution in [-0.2, 0) is 20.9 Å². The lowest BCUT2D eigenvalue weighted by Gasteiger charge is -2.28. The Labute approximate surface area is 446 Å². The number of H-pyrrole nitrogens is 2. The molecular formula is C54H62ClF6N11O5. The highest BCUT2D eigenvalue weighted by atomic mass is 35.5. The van der Waals surface area contributed by atoms with Gasteiger partial charge in [0.1, 0.15) is 23.0 Å². The van der Waals surface area contributed by atoms with Gasteiger partial charge in [-0.05, 0) is 97.5 Å². The first-order chi connectivity index (χ1) is 36.8. The summed E-state index contributed by atoms with van der Waals surface area (Å²) in [4.78, 5) is 58.2. The number of methoxy groups -OCH3 is 1. The Morgan fingerprint density at radius 3 is 2.18 bits per heavy atom. The van der Waals surface area contributed by atoms with E-state index in [1.807, 2.05) is 12.2 Å². The number of hydrogen-bond donors (Lipinski definition) is 5. The van der Waals surface area contributed by atoms with Crippen LogP contribution in [0.1, 0.15) is 77.6 Å². The maximum Gasteiger partial charge on any atom is 0.354 e. The van der Waals surface area contributed by atoms with Crippen LogP contribution >= 0.6 is 11.6 Å². The van der Waals surface area contributed by atoms with Crippen LogP contribution in [-0.4, -0.2) is 137 Å². The molecule has 1 fully saturated rings. The van der Waals surface area contributed by atoms with Gasteiger partial charge in [0, 0.05) is 118 Å². The molecule has 9 rings (SSSR count). The highest BCUT2D eigenvalue weighted by Gasteiger charge is 2.30. The highest BCUT2D eigenvalue weighted by molar-refractivity contribution is 6.36. The molecule has 3 aliphatic rings. The average Bonchev–Trinajstić information content (AvgIpc) is 4.24. The lowest BCUT2D eigenvalue weighted by Crippen LogP contribution is -2.38. The van der Waals surface area contributed by atoms with E-state index in [1.165, 1.54) is 42.5 Å². The van der Waals surface area contributed by atoms with Crippen LogP contribution in [0.3, 0.4) is 0 Å². The number of nitrogens with two attached hydrogens (primary N) is 2. The Kier molecular flexibility index (Phi) is 20.6. The fourth-order valence-electron chi connectivity index (χ4n) is 8.73. The first kappa shape index (κ1) is 58.7. The second kappa shape index (κ2) is 27.0. The summed E-state index contributed by atoms with van der Waals surface area (Å²) < 4.78 is 90.5. The molecule has 3 aliphatic heterocycles. The Morgan fingerprint density at radius 1 is 0.896 bits per heavy atom. The zero-order valence-electron chi connectivity index (χ0n) is 43.1. The maximum absolute atomic E-state index is 16.0. The number of benzene rings is 3. The molecule has 0 unspecified atom stereocenters. The van der Waals surface area contributed by atoms with Crippen molar-refractivity contribution in [2.45, 2.75) is 57.9 Å². The second-order valence-electron chi connectivity index (χ2n) is 18.4. The smallest absolute Gasteiger partial charge is 0.354 e. The lowest BCUT2D eigenvalue weighted by atomic mass is 9.93. The van der Waals surface area contributed by atoms with Crippen LogP contribution < -0.4 is 16.9 Å². The molecule has 23 heteroatoms. The van der Waals surface area contributed by atoms with Crippen LogP contribution in [0.25, 0.3) is 44.1 Å². The number of nitrogens with zero attached hydrogens (tertiary/aromatic N) is 6. The van der Waals surface area contributed by atoms with E-state index in [9.17, 15) is 41.1 Å². The Hall–Kier alpha value is -7.56. The number of hydrogen-bond acceptors (Lipinski definition) is 10. The fraction of sp³-hybridized carbons (Fsp3) is 0.352. The number of amides is 3. The monoisotopic (exact) mass is 1090 g/mol. The summed E-state index contributed by atoms with van der Waals surface area (Å²) in [5.74, 6) is -0.609. The molecule has 77 heavy (non-hydrogen) atoms. The van der Waals surface area contributed by atoms with Crippen molar-refractivity contribution in [3.05, 3.63) is 136 Å². The number of carbonyl (C=O) groups excluding carboxylic acids is 4. The van der Waals surface area contributed by atoms with E-state index in [0.29, 0.717) is 72.6 Å². The Balaban J connectivity index is 0.000000206. The standard InChI is InChI=1S/C28H26F3N5O2.C16H14ClFN2O3.C5H9F2N.C5H13N3/c1-34(2)28(38)24-15-22-20(21-13-18(29)6-7-23(21)30)14-19(26(31)27(22)33-24)17-5-3-10-35(16-17)25(37)8-12-36-11-4-9-32-36;1-23-16(22)13-6-11-12(17)5-10(14(18)15(11)19-13)9-3-2-4-20(7-9)8-21;6-5(7)2-1-3-8-4-5;1-2-4-8(7)5-3-6/h4-7,9,11,13-15,33H,3,8,10,12,16H2,1-2H3;3,5-6,8,19H,2,4,7H2,1H3;8H,1-4H2;3,5H,2,4,6-7H2,1H3/b;;;5-3-. The van der Waals surface area contributed by atoms with Crippen LogP contribution in [0.5, 0.6) is 0 Å². The number of carbonyl (C=O) groups is 4. The van der Waals surface area contributed by atoms with Crippen LogP contribution in [0.15, 0.2) is 85.5 Å². The largest absolute Gasteiger partial charge is 0.464 e. The van der Waals surface area contributed by atoms with Gasteiger partial charge in [0.25, 0.3) is 11.8 Å². The van der Waals surface area contributed by atoms with Crippen LogP contribution in [0.4, 0.5) is 26.3 Å². The number of piperidine rings is 1. The summed E-state index contributed by atoms with van der Waals surface area (Å²) in [6.45, 7) is 5.54. The van der Waals surface area contributed by atoms with E-state index in [4.69, 9.17) is 23.2 Å². The number of aryl methyl sites for hydroxylation is 1. The minimum absolute atomic E-state index is 0.00870. The first-order valence-corrected chi connectivity index (χ1v) is 25.1.